The van der Waals surface area contributed by atoms with E-state index in [9.17, 15) is 27.9 Å². The molecule has 10 heteroatoms. The summed E-state index contributed by atoms with van der Waals surface area (Å²) in [5.41, 5.74) is -0.289. The van der Waals surface area contributed by atoms with Crippen LogP contribution in [-0.4, -0.2) is 59.7 Å². The SMILES string of the molecule is COC(=O)C1[13CH](c2ccccc2)N([C@@H](CCC(=O)OC(C)(C)C)C(=O)O)S1(=O)=O. The van der Waals surface area contributed by atoms with E-state index in [1.54, 1.807) is 51.1 Å². The number of hydrogen-bond acceptors (Lipinski definition) is 7. The molecule has 9 nitrogen and oxygen atoms in total. The monoisotopic (exact) mass is 428 g/mol. The van der Waals surface area contributed by atoms with Gasteiger partial charge < -0.3 is 14.6 Å². The number of sulfonamides is 1. The van der Waals surface area contributed by atoms with E-state index in [4.69, 9.17) is 4.74 Å². The predicted molar refractivity (Wildman–Crippen MR) is 102 cm³/mol. The van der Waals surface area contributed by atoms with Crippen LogP contribution in [0.25, 0.3) is 0 Å². The van der Waals surface area contributed by atoms with Crippen molar-refractivity contribution in [3.05, 3.63) is 35.9 Å². The molecule has 2 unspecified atom stereocenters. The lowest BCUT2D eigenvalue weighted by Gasteiger charge is -2.47. The minimum absolute atomic E-state index is 0.287. The van der Waals surface area contributed by atoms with Crippen molar-refractivity contribution in [3.63, 3.8) is 0 Å². The van der Waals surface area contributed by atoms with Gasteiger partial charge in [0, 0.05) is 6.42 Å². The van der Waals surface area contributed by atoms with Crippen LogP contribution in [0.1, 0.15) is 45.2 Å². The van der Waals surface area contributed by atoms with Gasteiger partial charge in [0.1, 0.15) is 11.6 Å². The minimum Gasteiger partial charge on any atom is -0.480 e. The lowest BCUT2D eigenvalue weighted by atomic mass is 10.1. The van der Waals surface area contributed by atoms with Crippen molar-refractivity contribution in [2.24, 2.45) is 0 Å². The molecule has 0 amide bonds. The Hall–Kier alpha value is -2.46. The van der Waals surface area contributed by atoms with Crippen molar-refractivity contribution in [2.75, 3.05) is 7.11 Å². The standard InChI is InChI=1S/C19H25NO8S/c1-19(2,3)28-14(21)11-10-13(17(22)23)20-15(12-8-6-5-7-9-12)16(18(24)27-4)29(20,25)26/h5-9,13,15-16H,10-11H2,1-4H3,(H,22,23)/t13-,15?,16?/m0/s1/i15+1. The normalized spacial score (nSPS) is 22.2. The zero-order valence-electron chi connectivity index (χ0n) is 16.7. The Morgan fingerprint density at radius 2 is 1.76 bits per heavy atom. The highest BCUT2D eigenvalue weighted by atomic mass is 32.2. The summed E-state index contributed by atoms with van der Waals surface area (Å²) in [5.74, 6) is -3.02. The Balaban J connectivity index is 2.34. The van der Waals surface area contributed by atoms with Gasteiger partial charge in [-0.1, -0.05) is 30.3 Å². The summed E-state index contributed by atoms with van der Waals surface area (Å²) in [4.78, 5) is 36.0. The van der Waals surface area contributed by atoms with Crippen LogP contribution in [0.4, 0.5) is 0 Å². The highest BCUT2D eigenvalue weighted by molar-refractivity contribution is 7.92. The van der Waals surface area contributed by atoms with Gasteiger partial charge in [-0.15, -0.1) is 0 Å². The van der Waals surface area contributed by atoms with Crippen LogP contribution in [0.3, 0.4) is 0 Å². The third-order valence-corrected chi connectivity index (χ3v) is 6.55. The van der Waals surface area contributed by atoms with Crippen LogP contribution in [-0.2, 0) is 33.9 Å². The second-order valence-corrected chi connectivity index (χ2v) is 9.61. The molecule has 2 rings (SSSR count). The number of esters is 2. The molecule has 1 N–H and O–H groups in total. The first-order valence-corrected chi connectivity index (χ1v) is 10.5. The summed E-state index contributed by atoms with van der Waals surface area (Å²) >= 11 is 0. The third-order valence-electron chi connectivity index (χ3n) is 4.38. The van der Waals surface area contributed by atoms with Crippen molar-refractivity contribution in [3.8, 4) is 0 Å². The lowest BCUT2D eigenvalue weighted by Crippen LogP contribution is -2.66. The fourth-order valence-corrected chi connectivity index (χ4v) is 5.37. The van der Waals surface area contributed by atoms with E-state index in [0.717, 1.165) is 11.4 Å². The Kier molecular flexibility index (Phi) is 6.69. The van der Waals surface area contributed by atoms with Crippen LogP contribution < -0.4 is 0 Å². The second-order valence-electron chi connectivity index (χ2n) is 7.65. The molecule has 29 heavy (non-hydrogen) atoms. The molecular formula is C19H25NO8S. The van der Waals surface area contributed by atoms with Crippen LogP contribution in [0.2, 0.25) is 0 Å². The van der Waals surface area contributed by atoms with E-state index in [1.165, 1.54) is 0 Å². The Bertz CT molecular complexity index is 875. The zero-order chi connectivity index (χ0) is 22.0. The van der Waals surface area contributed by atoms with Gasteiger partial charge >= 0.3 is 17.9 Å². The number of benzene rings is 1. The smallest absolute Gasteiger partial charge is 0.327 e. The summed E-state index contributed by atoms with van der Waals surface area (Å²) < 4.78 is 36.2. The molecule has 0 bridgehead atoms. The highest BCUT2D eigenvalue weighted by Crippen LogP contribution is 2.45. The van der Waals surface area contributed by atoms with Gasteiger partial charge in [0.25, 0.3) is 0 Å². The molecule has 1 aromatic carbocycles. The van der Waals surface area contributed by atoms with Gasteiger partial charge in [-0.25, -0.2) is 8.42 Å². The van der Waals surface area contributed by atoms with Gasteiger partial charge in [0.2, 0.25) is 10.0 Å². The molecule has 0 spiro atoms. The van der Waals surface area contributed by atoms with E-state index in [-0.39, 0.29) is 12.8 Å². The minimum atomic E-state index is -4.27. The van der Waals surface area contributed by atoms with Crippen LogP contribution in [0, 0.1) is 0 Å². The van der Waals surface area contributed by atoms with Gasteiger partial charge in [-0.05, 0) is 32.8 Å². The summed E-state index contributed by atoms with van der Waals surface area (Å²) in [6.07, 6.45) is -0.578. The molecule has 1 fully saturated rings. The van der Waals surface area contributed by atoms with E-state index >= 15 is 0 Å². The number of carbonyl (C=O) groups excluding carboxylic acids is 2. The molecule has 1 saturated heterocycles. The van der Waals surface area contributed by atoms with E-state index in [0.29, 0.717) is 5.56 Å². The van der Waals surface area contributed by atoms with E-state index in [2.05, 4.69) is 4.74 Å². The molecule has 0 saturated carbocycles. The van der Waals surface area contributed by atoms with Crippen LogP contribution in [0.5, 0.6) is 0 Å². The van der Waals surface area contributed by atoms with Crippen LogP contribution >= 0.6 is 0 Å². The van der Waals surface area contributed by atoms with Crippen molar-refractivity contribution in [1.29, 1.82) is 0 Å². The summed E-state index contributed by atoms with van der Waals surface area (Å²) in [5, 5.41) is 8.12. The molecule has 1 aliphatic heterocycles. The van der Waals surface area contributed by atoms with Crippen molar-refractivity contribution in [1.82, 2.24) is 4.31 Å². The number of rotatable bonds is 7. The van der Waals surface area contributed by atoms with Crippen molar-refractivity contribution in [2.45, 2.75) is 56.5 Å². The molecule has 1 aliphatic rings. The number of methoxy groups -OCH3 is 1. The average Bonchev–Trinajstić information content (AvgIpc) is 2.61. The van der Waals surface area contributed by atoms with Gasteiger partial charge in [-0.2, -0.15) is 4.31 Å². The maximum atomic E-state index is 12.8. The third kappa shape index (κ3) is 4.94. The molecule has 1 heterocycles. The largest absolute Gasteiger partial charge is 0.480 e. The molecule has 0 aliphatic carbocycles. The Morgan fingerprint density at radius 1 is 1.17 bits per heavy atom. The summed E-state index contributed by atoms with van der Waals surface area (Å²) in [6.45, 7) is 5.02. The fraction of sp³-hybridized carbons (Fsp3) is 0.526. The number of carbonyl (C=O) groups is 3. The molecule has 1 aromatic rings. The molecule has 0 radical (unpaired) electrons. The highest BCUT2D eigenvalue weighted by Gasteiger charge is 2.62. The predicted octanol–water partition coefficient (Wildman–Crippen LogP) is 1.49. The summed E-state index contributed by atoms with van der Waals surface area (Å²) in [7, 11) is -3.20. The van der Waals surface area contributed by atoms with Crippen molar-refractivity contribution < 1.29 is 37.4 Å². The molecular weight excluding hydrogens is 403 g/mol. The van der Waals surface area contributed by atoms with Crippen molar-refractivity contribution >= 4 is 27.9 Å². The molecule has 0 aromatic heterocycles. The van der Waals surface area contributed by atoms with E-state index in [1.807, 2.05) is 0 Å². The van der Waals surface area contributed by atoms with E-state index < -0.39 is 50.9 Å². The second kappa shape index (κ2) is 8.50. The van der Waals surface area contributed by atoms with Gasteiger partial charge in [0.05, 0.1) is 13.2 Å². The molecule has 160 valence electrons. The summed E-state index contributed by atoms with van der Waals surface area (Å²) in [6, 6.07) is 5.68. The number of nitrogens with zero attached hydrogens (tertiary/aromatic N) is 1. The molecule has 3 atom stereocenters. The first-order valence-electron chi connectivity index (χ1n) is 9.00. The van der Waals surface area contributed by atoms with Gasteiger partial charge in [0.15, 0.2) is 5.25 Å². The Morgan fingerprint density at radius 3 is 2.24 bits per heavy atom. The van der Waals surface area contributed by atoms with Crippen LogP contribution in [0.15, 0.2) is 30.3 Å². The topological polar surface area (TPSA) is 127 Å². The number of aliphatic carboxylic acids is 1. The van der Waals surface area contributed by atoms with Gasteiger partial charge in [-0.3, -0.25) is 14.4 Å². The fourth-order valence-electron chi connectivity index (χ4n) is 3.24. The Labute approximate surface area is 169 Å². The lowest BCUT2D eigenvalue weighted by molar-refractivity contribution is -0.156. The number of carboxylic acid groups (broad SMARTS) is 1. The first kappa shape index (κ1) is 22.8. The zero-order valence-corrected chi connectivity index (χ0v) is 17.5. The number of ether oxygens (including phenoxy) is 2. The quantitative estimate of drug-likeness (QED) is 0.511. The number of carboxylic acids is 1. The first-order chi connectivity index (χ1) is 13.4. The maximum Gasteiger partial charge on any atom is 0.327 e. The maximum absolute atomic E-state index is 12.8. The average molecular weight is 428 g/mol. The number of hydrogen-bond donors (Lipinski definition) is 1.